The van der Waals surface area contributed by atoms with Gasteiger partial charge in [-0.3, -0.25) is 0 Å². The largest absolute Gasteiger partial charge is 0.478 e. The van der Waals surface area contributed by atoms with E-state index in [4.69, 9.17) is 21.1 Å². The van der Waals surface area contributed by atoms with Crippen molar-refractivity contribution in [1.29, 1.82) is 0 Å². The van der Waals surface area contributed by atoms with Gasteiger partial charge in [0, 0.05) is 23.2 Å². The lowest BCUT2D eigenvalue weighted by molar-refractivity contribution is -0.00293. The second-order valence-electron chi connectivity index (χ2n) is 5.93. The Kier molecular flexibility index (Phi) is 4.49. The van der Waals surface area contributed by atoms with Gasteiger partial charge in [0.25, 0.3) is 0 Å². The van der Waals surface area contributed by atoms with Crippen molar-refractivity contribution in [1.82, 2.24) is 4.98 Å². The van der Waals surface area contributed by atoms with Crippen LogP contribution >= 0.6 is 11.6 Å². The molecule has 0 fully saturated rings. The predicted octanol–water partition coefficient (Wildman–Crippen LogP) is 4.84. The third kappa shape index (κ3) is 3.24. The predicted molar refractivity (Wildman–Crippen MR) is 94.5 cm³/mol. The monoisotopic (exact) mass is 343 g/mol. The summed E-state index contributed by atoms with van der Waals surface area (Å²) < 4.78 is 11.1. The minimum Gasteiger partial charge on any atom is -0.478 e. The van der Waals surface area contributed by atoms with Crippen LogP contribution in [0.15, 0.2) is 54.7 Å². The van der Waals surface area contributed by atoms with Gasteiger partial charge < -0.3 is 14.5 Å². The van der Waals surface area contributed by atoms with Crippen LogP contribution in [0.25, 0.3) is 10.9 Å². The molecule has 1 aromatic heterocycles. The highest BCUT2D eigenvalue weighted by atomic mass is 35.5. The molecule has 0 aliphatic rings. The number of carbonyl (C=O) groups excluding carboxylic acids is 1. The van der Waals surface area contributed by atoms with E-state index in [0.29, 0.717) is 11.3 Å². The normalized spacial score (nSPS) is 11.5. The maximum atomic E-state index is 12.8. The SMILES string of the molecule is CC(C)(OC(=O)c1cc(OCCl)cc2[nH]ccc12)c1ccccc1. The van der Waals surface area contributed by atoms with Crippen LogP contribution in [0.2, 0.25) is 0 Å². The van der Waals surface area contributed by atoms with E-state index in [9.17, 15) is 4.79 Å². The number of aromatic nitrogens is 1. The second kappa shape index (κ2) is 6.57. The van der Waals surface area contributed by atoms with Gasteiger partial charge in [0.1, 0.15) is 11.4 Å². The Balaban J connectivity index is 1.95. The molecule has 0 atom stereocenters. The van der Waals surface area contributed by atoms with E-state index in [1.165, 1.54) is 0 Å². The van der Waals surface area contributed by atoms with E-state index in [2.05, 4.69) is 4.98 Å². The number of H-pyrrole nitrogens is 1. The quantitative estimate of drug-likeness (QED) is 0.533. The van der Waals surface area contributed by atoms with Crippen molar-refractivity contribution in [2.75, 3.05) is 6.07 Å². The van der Waals surface area contributed by atoms with E-state index < -0.39 is 11.6 Å². The second-order valence-corrected chi connectivity index (χ2v) is 6.15. The van der Waals surface area contributed by atoms with Crippen molar-refractivity contribution in [3.63, 3.8) is 0 Å². The van der Waals surface area contributed by atoms with E-state index in [-0.39, 0.29) is 6.07 Å². The van der Waals surface area contributed by atoms with Crippen molar-refractivity contribution < 1.29 is 14.3 Å². The number of alkyl halides is 1. The molecule has 24 heavy (non-hydrogen) atoms. The number of benzene rings is 2. The zero-order chi connectivity index (χ0) is 17.2. The zero-order valence-corrected chi connectivity index (χ0v) is 14.3. The average Bonchev–Trinajstić information content (AvgIpc) is 3.03. The summed E-state index contributed by atoms with van der Waals surface area (Å²) in [6.45, 7) is 3.74. The number of esters is 1. The summed E-state index contributed by atoms with van der Waals surface area (Å²) in [5.74, 6) is 0.109. The maximum Gasteiger partial charge on any atom is 0.339 e. The summed E-state index contributed by atoms with van der Waals surface area (Å²) in [5, 5.41) is 0.783. The first-order valence-corrected chi connectivity index (χ1v) is 8.13. The lowest BCUT2D eigenvalue weighted by Crippen LogP contribution is -2.25. The zero-order valence-electron chi connectivity index (χ0n) is 13.5. The van der Waals surface area contributed by atoms with Gasteiger partial charge in [-0.15, -0.1) is 0 Å². The molecule has 0 saturated heterocycles. The van der Waals surface area contributed by atoms with Gasteiger partial charge in [0.15, 0.2) is 6.07 Å². The Morgan fingerprint density at radius 3 is 2.62 bits per heavy atom. The Labute approximate surface area is 145 Å². The molecule has 3 aromatic rings. The van der Waals surface area contributed by atoms with Crippen LogP contribution in [0.4, 0.5) is 0 Å². The number of ether oxygens (including phenoxy) is 2. The fraction of sp³-hybridized carbons (Fsp3) is 0.211. The number of hydrogen-bond donors (Lipinski definition) is 1. The van der Waals surface area contributed by atoms with Crippen LogP contribution in [0.5, 0.6) is 5.75 Å². The highest BCUT2D eigenvalue weighted by Crippen LogP contribution is 2.30. The lowest BCUT2D eigenvalue weighted by Gasteiger charge is -2.26. The Bertz CT molecular complexity index is 855. The van der Waals surface area contributed by atoms with Crippen LogP contribution in [0.3, 0.4) is 0 Å². The fourth-order valence-electron chi connectivity index (χ4n) is 2.64. The minimum absolute atomic E-state index is 0.0101. The molecule has 5 heteroatoms. The molecule has 2 aromatic carbocycles. The number of hydrogen-bond acceptors (Lipinski definition) is 3. The van der Waals surface area contributed by atoms with Crippen molar-refractivity contribution in [3.05, 3.63) is 65.9 Å². The molecular weight excluding hydrogens is 326 g/mol. The molecule has 0 aliphatic carbocycles. The van der Waals surface area contributed by atoms with Crippen molar-refractivity contribution in [2.24, 2.45) is 0 Å². The first kappa shape index (κ1) is 16.4. The number of halogens is 1. The molecule has 0 saturated carbocycles. The highest BCUT2D eigenvalue weighted by Gasteiger charge is 2.27. The molecule has 0 radical (unpaired) electrons. The number of rotatable bonds is 5. The van der Waals surface area contributed by atoms with Gasteiger partial charge in [-0.25, -0.2) is 4.79 Å². The molecule has 1 heterocycles. The maximum absolute atomic E-state index is 12.8. The standard InChI is InChI=1S/C19H18ClNO3/c1-19(2,13-6-4-3-5-7-13)24-18(22)16-10-14(23-12-20)11-17-15(16)8-9-21-17/h3-11,21H,12H2,1-2H3. The summed E-state index contributed by atoms with van der Waals surface area (Å²) in [5.41, 5.74) is 1.42. The van der Waals surface area contributed by atoms with Gasteiger partial charge in [-0.05, 0) is 31.5 Å². The Hall–Kier alpha value is -2.46. The summed E-state index contributed by atoms with van der Waals surface area (Å²) in [6, 6.07) is 14.9. The molecule has 3 rings (SSSR count). The van der Waals surface area contributed by atoms with Crippen LogP contribution in [0.1, 0.15) is 29.8 Å². The number of carbonyl (C=O) groups is 1. The highest BCUT2D eigenvalue weighted by molar-refractivity contribution is 6.17. The molecule has 0 amide bonds. The average molecular weight is 344 g/mol. The molecule has 1 N–H and O–H groups in total. The van der Waals surface area contributed by atoms with Gasteiger partial charge in [0.2, 0.25) is 0 Å². The van der Waals surface area contributed by atoms with E-state index >= 15 is 0 Å². The topological polar surface area (TPSA) is 51.3 Å². The molecule has 0 aliphatic heterocycles. The Morgan fingerprint density at radius 2 is 1.92 bits per heavy atom. The summed E-state index contributed by atoms with van der Waals surface area (Å²) in [7, 11) is 0. The minimum atomic E-state index is -0.746. The number of fused-ring (bicyclic) bond motifs is 1. The number of aromatic amines is 1. The van der Waals surface area contributed by atoms with Crippen LogP contribution < -0.4 is 4.74 Å². The van der Waals surface area contributed by atoms with E-state index in [1.54, 1.807) is 18.3 Å². The first-order chi connectivity index (χ1) is 11.5. The first-order valence-electron chi connectivity index (χ1n) is 7.60. The fourth-order valence-corrected chi connectivity index (χ4v) is 2.77. The van der Waals surface area contributed by atoms with E-state index in [0.717, 1.165) is 16.5 Å². The van der Waals surface area contributed by atoms with Gasteiger partial charge in [0.05, 0.1) is 5.56 Å². The van der Waals surface area contributed by atoms with Crippen LogP contribution in [0, 0.1) is 0 Å². The molecule has 0 bridgehead atoms. The molecular formula is C19H18ClNO3. The smallest absolute Gasteiger partial charge is 0.339 e. The summed E-state index contributed by atoms with van der Waals surface area (Å²) >= 11 is 5.63. The van der Waals surface area contributed by atoms with Crippen molar-refractivity contribution in [2.45, 2.75) is 19.4 Å². The Morgan fingerprint density at radius 1 is 1.17 bits per heavy atom. The third-order valence-corrected chi connectivity index (χ3v) is 4.01. The molecule has 0 spiro atoms. The van der Waals surface area contributed by atoms with Crippen molar-refractivity contribution in [3.8, 4) is 5.75 Å². The van der Waals surface area contributed by atoms with E-state index in [1.807, 2.05) is 50.2 Å². The van der Waals surface area contributed by atoms with Gasteiger partial charge >= 0.3 is 5.97 Å². The van der Waals surface area contributed by atoms with Gasteiger partial charge in [-0.1, -0.05) is 41.9 Å². The summed E-state index contributed by atoms with van der Waals surface area (Å²) in [4.78, 5) is 15.9. The molecule has 0 unspecified atom stereocenters. The van der Waals surface area contributed by atoms with Crippen molar-refractivity contribution >= 4 is 28.5 Å². The van der Waals surface area contributed by atoms with Gasteiger partial charge in [-0.2, -0.15) is 0 Å². The molecule has 124 valence electrons. The molecule has 4 nitrogen and oxygen atoms in total. The number of nitrogens with one attached hydrogen (secondary N) is 1. The summed E-state index contributed by atoms with van der Waals surface area (Å²) in [6.07, 6.45) is 1.77. The van der Waals surface area contributed by atoms with Crippen LogP contribution in [-0.4, -0.2) is 17.0 Å². The van der Waals surface area contributed by atoms with Crippen LogP contribution in [-0.2, 0) is 10.3 Å². The lowest BCUT2D eigenvalue weighted by atomic mass is 9.98. The third-order valence-electron chi connectivity index (χ3n) is 3.90.